The average Bonchev–Trinajstić information content (AvgIpc) is 2.81. The maximum atomic E-state index is 12.8. The first kappa shape index (κ1) is 21.3. The number of para-hydroxylation sites is 1. The molecule has 0 aliphatic rings. The number of benzene rings is 3. The Morgan fingerprint density at radius 1 is 0.867 bits per heavy atom. The molecule has 3 aromatic rings. The number of nitrogens with zero attached hydrogens (tertiary/aromatic N) is 1. The van der Waals surface area contributed by atoms with Crippen molar-refractivity contribution in [2.75, 3.05) is 12.0 Å². The lowest BCUT2D eigenvalue weighted by atomic mass is 10.0. The van der Waals surface area contributed by atoms with Gasteiger partial charge in [-0.25, -0.2) is 4.79 Å². The van der Waals surface area contributed by atoms with Crippen LogP contribution in [0.1, 0.15) is 42.1 Å². The van der Waals surface area contributed by atoms with E-state index in [0.717, 1.165) is 35.2 Å². The fourth-order valence-electron chi connectivity index (χ4n) is 3.32. The lowest BCUT2D eigenvalue weighted by Crippen LogP contribution is -2.30. The number of unbranched alkanes of at least 4 members (excludes halogenated alkanes) is 1. The number of carbonyl (C=O) groups is 2. The molecule has 0 aliphatic carbocycles. The molecule has 0 saturated heterocycles. The number of ether oxygens (including phenoxy) is 1. The molecule has 30 heavy (non-hydrogen) atoms. The van der Waals surface area contributed by atoms with E-state index in [4.69, 9.17) is 4.74 Å². The second-order valence-electron chi connectivity index (χ2n) is 7.19. The highest BCUT2D eigenvalue weighted by Crippen LogP contribution is 2.24. The summed E-state index contributed by atoms with van der Waals surface area (Å²) >= 11 is 0. The molecule has 0 radical (unpaired) electrons. The first-order valence-corrected chi connectivity index (χ1v) is 10.3. The summed E-state index contributed by atoms with van der Waals surface area (Å²) in [6, 6.07) is 25.3. The van der Waals surface area contributed by atoms with Crippen molar-refractivity contribution in [1.82, 2.24) is 0 Å². The standard InChI is InChI=1S/C26H27NO3/c1-3-4-13-25(28)27(24-11-6-5-7-12-24)19-20-14-16-21(17-15-20)22-9-8-10-23(18-22)26(29)30-2/h5-12,14-18H,3-4,13,19H2,1-2H3. The summed E-state index contributed by atoms with van der Waals surface area (Å²) in [5.74, 6) is -0.213. The van der Waals surface area contributed by atoms with Crippen molar-refractivity contribution in [2.24, 2.45) is 0 Å². The van der Waals surface area contributed by atoms with Gasteiger partial charge in [0.15, 0.2) is 0 Å². The van der Waals surface area contributed by atoms with Gasteiger partial charge in [0.25, 0.3) is 0 Å². The number of amides is 1. The van der Waals surface area contributed by atoms with Gasteiger partial charge in [0.1, 0.15) is 0 Å². The predicted molar refractivity (Wildman–Crippen MR) is 120 cm³/mol. The van der Waals surface area contributed by atoms with E-state index in [1.54, 1.807) is 6.07 Å². The molecule has 0 N–H and O–H groups in total. The van der Waals surface area contributed by atoms with Gasteiger partial charge in [0.05, 0.1) is 19.2 Å². The van der Waals surface area contributed by atoms with Gasteiger partial charge in [0.2, 0.25) is 5.91 Å². The molecule has 0 aromatic heterocycles. The molecule has 4 nitrogen and oxygen atoms in total. The Morgan fingerprint density at radius 3 is 2.27 bits per heavy atom. The lowest BCUT2D eigenvalue weighted by molar-refractivity contribution is -0.118. The van der Waals surface area contributed by atoms with Gasteiger partial charge in [-0.3, -0.25) is 4.79 Å². The maximum Gasteiger partial charge on any atom is 0.337 e. The van der Waals surface area contributed by atoms with Crippen LogP contribution in [0.5, 0.6) is 0 Å². The van der Waals surface area contributed by atoms with Crippen molar-refractivity contribution in [3.8, 4) is 11.1 Å². The number of rotatable bonds is 8. The van der Waals surface area contributed by atoms with E-state index in [-0.39, 0.29) is 11.9 Å². The van der Waals surface area contributed by atoms with Crippen molar-refractivity contribution >= 4 is 17.6 Å². The Balaban J connectivity index is 1.80. The van der Waals surface area contributed by atoms with Crippen LogP contribution in [-0.4, -0.2) is 19.0 Å². The highest BCUT2D eigenvalue weighted by molar-refractivity contribution is 5.93. The molecule has 0 bridgehead atoms. The van der Waals surface area contributed by atoms with Crippen molar-refractivity contribution in [3.63, 3.8) is 0 Å². The minimum Gasteiger partial charge on any atom is -0.465 e. The summed E-state index contributed by atoms with van der Waals surface area (Å²) < 4.78 is 4.81. The Kier molecular flexibility index (Phi) is 7.39. The zero-order valence-electron chi connectivity index (χ0n) is 17.5. The Morgan fingerprint density at radius 2 is 1.60 bits per heavy atom. The second kappa shape index (κ2) is 10.4. The van der Waals surface area contributed by atoms with Crippen molar-refractivity contribution in [2.45, 2.75) is 32.7 Å². The Bertz CT molecular complexity index is 981. The number of hydrogen-bond acceptors (Lipinski definition) is 3. The van der Waals surface area contributed by atoms with Gasteiger partial charge in [0, 0.05) is 12.1 Å². The number of anilines is 1. The molecular formula is C26H27NO3. The van der Waals surface area contributed by atoms with Gasteiger partial charge in [-0.2, -0.15) is 0 Å². The average molecular weight is 402 g/mol. The summed E-state index contributed by atoms with van der Waals surface area (Å²) in [6.45, 7) is 2.61. The van der Waals surface area contributed by atoms with Gasteiger partial charge in [-0.05, 0) is 47.4 Å². The normalized spacial score (nSPS) is 10.5. The summed E-state index contributed by atoms with van der Waals surface area (Å²) in [7, 11) is 1.38. The second-order valence-corrected chi connectivity index (χ2v) is 7.19. The molecule has 154 valence electrons. The first-order chi connectivity index (χ1) is 14.6. The Hall–Kier alpha value is -3.40. The fraction of sp³-hybridized carbons (Fsp3) is 0.231. The van der Waals surface area contributed by atoms with Crippen molar-refractivity contribution < 1.29 is 14.3 Å². The molecule has 0 unspecified atom stereocenters. The van der Waals surface area contributed by atoms with Gasteiger partial charge in [-0.15, -0.1) is 0 Å². The molecule has 4 heteroatoms. The molecule has 0 aliphatic heterocycles. The quantitative estimate of drug-likeness (QED) is 0.444. The van der Waals surface area contributed by atoms with Gasteiger partial charge in [-0.1, -0.05) is 67.9 Å². The molecule has 0 spiro atoms. The van der Waals surface area contributed by atoms with E-state index in [0.29, 0.717) is 18.5 Å². The third-order valence-corrected chi connectivity index (χ3v) is 5.02. The van der Waals surface area contributed by atoms with Gasteiger partial charge >= 0.3 is 5.97 Å². The molecule has 0 saturated carbocycles. The summed E-state index contributed by atoms with van der Waals surface area (Å²) in [5, 5.41) is 0. The SMILES string of the molecule is CCCCC(=O)N(Cc1ccc(-c2cccc(C(=O)OC)c2)cc1)c1ccccc1. The number of hydrogen-bond donors (Lipinski definition) is 0. The number of methoxy groups -OCH3 is 1. The van der Waals surface area contributed by atoms with Crippen LogP contribution < -0.4 is 4.90 Å². The molecule has 0 atom stereocenters. The van der Waals surface area contributed by atoms with Crippen LogP contribution in [0.15, 0.2) is 78.9 Å². The third-order valence-electron chi connectivity index (χ3n) is 5.02. The highest BCUT2D eigenvalue weighted by Gasteiger charge is 2.16. The number of carbonyl (C=O) groups excluding carboxylic acids is 2. The van der Waals surface area contributed by atoms with Crippen molar-refractivity contribution in [1.29, 1.82) is 0 Å². The minimum atomic E-state index is -0.349. The molecule has 1 amide bonds. The van der Waals surface area contributed by atoms with E-state index in [9.17, 15) is 9.59 Å². The number of esters is 1. The first-order valence-electron chi connectivity index (χ1n) is 10.3. The third kappa shape index (κ3) is 5.35. The van der Waals surface area contributed by atoms with E-state index < -0.39 is 0 Å². The lowest BCUT2D eigenvalue weighted by Gasteiger charge is -2.23. The molecule has 0 heterocycles. The van der Waals surface area contributed by atoms with Crippen LogP contribution in [0.2, 0.25) is 0 Å². The molecular weight excluding hydrogens is 374 g/mol. The van der Waals surface area contributed by atoms with E-state index in [1.165, 1.54) is 7.11 Å². The van der Waals surface area contributed by atoms with Crippen molar-refractivity contribution in [3.05, 3.63) is 90.0 Å². The van der Waals surface area contributed by atoms with Gasteiger partial charge < -0.3 is 9.64 Å². The summed E-state index contributed by atoms with van der Waals surface area (Å²) in [6.07, 6.45) is 2.43. The Labute approximate surface area is 178 Å². The van der Waals surface area contributed by atoms with E-state index >= 15 is 0 Å². The van der Waals surface area contributed by atoms with Crippen LogP contribution >= 0.6 is 0 Å². The minimum absolute atomic E-state index is 0.137. The smallest absolute Gasteiger partial charge is 0.337 e. The molecule has 3 rings (SSSR count). The molecule has 0 fully saturated rings. The van der Waals surface area contributed by atoms with Crippen LogP contribution in [-0.2, 0) is 16.1 Å². The van der Waals surface area contributed by atoms with E-state index in [1.807, 2.05) is 77.7 Å². The fourth-order valence-corrected chi connectivity index (χ4v) is 3.32. The highest BCUT2D eigenvalue weighted by atomic mass is 16.5. The maximum absolute atomic E-state index is 12.8. The van der Waals surface area contributed by atoms with Crippen LogP contribution in [0.4, 0.5) is 5.69 Å². The summed E-state index contributed by atoms with van der Waals surface area (Å²) in [4.78, 5) is 26.4. The van der Waals surface area contributed by atoms with Crippen LogP contribution in [0.25, 0.3) is 11.1 Å². The monoisotopic (exact) mass is 401 g/mol. The predicted octanol–water partition coefficient (Wildman–Crippen LogP) is 5.86. The van der Waals surface area contributed by atoms with E-state index in [2.05, 4.69) is 6.92 Å². The zero-order chi connectivity index (χ0) is 21.3. The topological polar surface area (TPSA) is 46.6 Å². The molecule has 3 aromatic carbocycles. The summed E-state index contributed by atoms with van der Waals surface area (Å²) in [5.41, 5.74) is 4.44. The zero-order valence-corrected chi connectivity index (χ0v) is 17.5. The van der Waals surface area contributed by atoms with Crippen LogP contribution in [0, 0.1) is 0 Å². The van der Waals surface area contributed by atoms with Crippen LogP contribution in [0.3, 0.4) is 0 Å². The largest absolute Gasteiger partial charge is 0.465 e.